The van der Waals surface area contributed by atoms with Crippen LogP contribution in [-0.2, 0) is 12.8 Å². The third-order valence-corrected chi connectivity index (χ3v) is 4.90. The molecule has 0 radical (unpaired) electrons. The zero-order valence-corrected chi connectivity index (χ0v) is 14.9. The van der Waals surface area contributed by atoms with Crippen LogP contribution in [-0.4, -0.2) is 20.6 Å². The third-order valence-electron chi connectivity index (χ3n) is 4.38. The molecule has 0 saturated heterocycles. The van der Waals surface area contributed by atoms with Crippen LogP contribution in [0, 0.1) is 13.8 Å². The molecule has 0 atom stereocenters. The van der Waals surface area contributed by atoms with Crippen molar-refractivity contribution in [2.45, 2.75) is 31.9 Å². The van der Waals surface area contributed by atoms with Gasteiger partial charge in [0.05, 0.1) is 5.69 Å². The van der Waals surface area contributed by atoms with Crippen LogP contribution in [0.2, 0.25) is 0 Å². The Balaban J connectivity index is 1.59. The largest absolute Gasteiger partial charge is 0.431 e. The number of nitrogens with zero attached hydrogens (tertiary/aromatic N) is 3. The topological polar surface area (TPSA) is 43.3 Å². The number of pyridine rings is 1. The van der Waals surface area contributed by atoms with Crippen LogP contribution in [0.3, 0.4) is 0 Å². The average Bonchev–Trinajstić information content (AvgIpc) is 3.13. The lowest BCUT2D eigenvalue weighted by Gasteiger charge is -2.01. The second-order valence-corrected chi connectivity index (χ2v) is 6.82. The van der Waals surface area contributed by atoms with Crippen molar-refractivity contribution < 1.29 is 4.42 Å². The van der Waals surface area contributed by atoms with E-state index in [1.165, 1.54) is 28.6 Å². The fraction of sp³-hybridized carbons (Fsp3) is 0.263. The van der Waals surface area contributed by atoms with Crippen LogP contribution >= 0.6 is 11.8 Å². The normalized spacial score (nSPS) is 11.6. The van der Waals surface area contributed by atoms with Crippen LogP contribution in [0.1, 0.15) is 22.5 Å². The molecule has 4 aromatic rings. The van der Waals surface area contributed by atoms with E-state index in [1.54, 1.807) is 0 Å². The number of fused-ring (bicyclic) bond motifs is 2. The van der Waals surface area contributed by atoms with Crippen molar-refractivity contribution in [1.29, 1.82) is 0 Å². The third kappa shape index (κ3) is 2.69. The molecule has 0 aliphatic rings. The van der Waals surface area contributed by atoms with Crippen LogP contribution in [0.25, 0.3) is 16.7 Å². The SMILES string of the molecule is CSc1nc2ccc(CCc3nc4cc(C)ccn4c3C)cc2o1. The van der Waals surface area contributed by atoms with Crippen molar-refractivity contribution >= 4 is 28.5 Å². The Kier molecular flexibility index (Phi) is 3.81. The minimum absolute atomic E-state index is 0.716. The first kappa shape index (κ1) is 15.3. The summed E-state index contributed by atoms with van der Waals surface area (Å²) in [7, 11) is 0. The van der Waals surface area contributed by atoms with Gasteiger partial charge in [0.2, 0.25) is 0 Å². The lowest BCUT2D eigenvalue weighted by atomic mass is 10.1. The van der Waals surface area contributed by atoms with Gasteiger partial charge >= 0.3 is 0 Å². The van der Waals surface area contributed by atoms with Gasteiger partial charge in [-0.1, -0.05) is 17.8 Å². The van der Waals surface area contributed by atoms with Crippen LogP contribution in [0.4, 0.5) is 0 Å². The summed E-state index contributed by atoms with van der Waals surface area (Å²) in [6.45, 7) is 4.23. The van der Waals surface area contributed by atoms with Crippen molar-refractivity contribution in [3.05, 3.63) is 59.0 Å². The first-order chi connectivity index (χ1) is 11.6. The molecule has 1 aromatic carbocycles. The van der Waals surface area contributed by atoms with Gasteiger partial charge in [0.15, 0.2) is 5.58 Å². The quantitative estimate of drug-likeness (QED) is 0.511. The molecule has 0 amide bonds. The molecule has 0 fully saturated rings. The fourth-order valence-corrected chi connectivity index (χ4v) is 3.37. The van der Waals surface area contributed by atoms with E-state index in [1.807, 2.05) is 12.3 Å². The first-order valence-electron chi connectivity index (χ1n) is 8.01. The molecule has 0 saturated carbocycles. The second kappa shape index (κ2) is 5.98. The van der Waals surface area contributed by atoms with Gasteiger partial charge < -0.3 is 8.82 Å². The zero-order chi connectivity index (χ0) is 16.7. The fourth-order valence-electron chi connectivity index (χ4n) is 3.01. The van der Waals surface area contributed by atoms with Gasteiger partial charge in [-0.2, -0.15) is 0 Å². The number of imidazole rings is 1. The highest BCUT2D eigenvalue weighted by Crippen LogP contribution is 2.23. The molecular weight excluding hydrogens is 318 g/mol. The summed E-state index contributed by atoms with van der Waals surface area (Å²) < 4.78 is 7.89. The monoisotopic (exact) mass is 337 g/mol. The summed E-state index contributed by atoms with van der Waals surface area (Å²) in [4.78, 5) is 9.21. The first-order valence-corrected chi connectivity index (χ1v) is 9.24. The van der Waals surface area contributed by atoms with E-state index in [0.29, 0.717) is 5.22 Å². The van der Waals surface area contributed by atoms with Gasteiger partial charge in [0.1, 0.15) is 11.2 Å². The Morgan fingerprint density at radius 1 is 1.08 bits per heavy atom. The Morgan fingerprint density at radius 2 is 1.96 bits per heavy atom. The number of benzene rings is 1. The molecule has 4 rings (SSSR count). The van der Waals surface area contributed by atoms with Crippen LogP contribution in [0.5, 0.6) is 0 Å². The second-order valence-electron chi connectivity index (χ2n) is 6.06. The molecular formula is C19H19N3OS. The van der Waals surface area contributed by atoms with Crippen molar-refractivity contribution in [3.63, 3.8) is 0 Å². The summed E-state index contributed by atoms with van der Waals surface area (Å²) in [5.41, 5.74) is 7.66. The van der Waals surface area contributed by atoms with Gasteiger partial charge in [-0.15, -0.1) is 0 Å². The van der Waals surface area contributed by atoms with E-state index in [-0.39, 0.29) is 0 Å². The summed E-state index contributed by atoms with van der Waals surface area (Å²) >= 11 is 1.53. The summed E-state index contributed by atoms with van der Waals surface area (Å²) in [5.74, 6) is 0. The molecule has 0 bridgehead atoms. The van der Waals surface area contributed by atoms with Crippen molar-refractivity contribution in [1.82, 2.24) is 14.4 Å². The van der Waals surface area contributed by atoms with E-state index in [2.05, 4.69) is 53.7 Å². The van der Waals surface area contributed by atoms with E-state index >= 15 is 0 Å². The maximum absolute atomic E-state index is 5.73. The zero-order valence-electron chi connectivity index (χ0n) is 14.0. The molecule has 0 N–H and O–H groups in total. The lowest BCUT2D eigenvalue weighted by Crippen LogP contribution is -1.94. The summed E-state index contributed by atoms with van der Waals surface area (Å²) in [6, 6.07) is 10.5. The highest BCUT2D eigenvalue weighted by atomic mass is 32.2. The van der Waals surface area contributed by atoms with Crippen molar-refractivity contribution in [2.24, 2.45) is 0 Å². The lowest BCUT2D eigenvalue weighted by molar-refractivity contribution is 0.490. The van der Waals surface area contributed by atoms with Crippen molar-refractivity contribution in [3.8, 4) is 0 Å². The van der Waals surface area contributed by atoms with Gasteiger partial charge in [0.25, 0.3) is 5.22 Å². The Morgan fingerprint density at radius 3 is 2.79 bits per heavy atom. The number of hydrogen-bond donors (Lipinski definition) is 0. The van der Waals surface area contributed by atoms with E-state index < -0.39 is 0 Å². The number of aryl methyl sites for hydroxylation is 4. The number of oxazole rings is 1. The van der Waals surface area contributed by atoms with E-state index in [0.717, 1.165) is 35.3 Å². The number of rotatable bonds is 4. The highest BCUT2D eigenvalue weighted by Gasteiger charge is 2.10. The Hall–Kier alpha value is -2.27. The predicted molar refractivity (Wildman–Crippen MR) is 97.9 cm³/mol. The number of hydrogen-bond acceptors (Lipinski definition) is 4. The molecule has 3 aromatic heterocycles. The van der Waals surface area contributed by atoms with E-state index in [4.69, 9.17) is 9.40 Å². The maximum Gasteiger partial charge on any atom is 0.256 e. The number of thioether (sulfide) groups is 1. The molecule has 0 aliphatic carbocycles. The molecule has 5 heteroatoms. The summed E-state index contributed by atoms with van der Waals surface area (Å²) in [6.07, 6.45) is 5.93. The summed E-state index contributed by atoms with van der Waals surface area (Å²) in [5, 5.41) is 0.716. The van der Waals surface area contributed by atoms with Crippen LogP contribution < -0.4 is 0 Å². The molecule has 0 aliphatic heterocycles. The maximum atomic E-state index is 5.73. The van der Waals surface area contributed by atoms with Gasteiger partial charge in [-0.25, -0.2) is 9.97 Å². The average molecular weight is 337 g/mol. The molecule has 0 unspecified atom stereocenters. The minimum Gasteiger partial charge on any atom is -0.431 e. The predicted octanol–water partition coefficient (Wildman–Crippen LogP) is 4.60. The van der Waals surface area contributed by atoms with Gasteiger partial charge in [-0.3, -0.25) is 0 Å². The molecule has 4 nitrogen and oxygen atoms in total. The van der Waals surface area contributed by atoms with Gasteiger partial charge in [-0.05, 0) is 68.3 Å². The Bertz CT molecular complexity index is 1030. The van der Waals surface area contributed by atoms with Crippen LogP contribution in [0.15, 0.2) is 46.2 Å². The van der Waals surface area contributed by atoms with Gasteiger partial charge in [0, 0.05) is 11.9 Å². The smallest absolute Gasteiger partial charge is 0.256 e. The standard InChI is InChI=1S/C19H19N3OS/c1-12-8-9-22-13(2)15(20-18(22)10-12)6-4-14-5-7-16-17(11-14)23-19(21-16)24-3/h5,7-11H,4,6H2,1-3H3. The highest BCUT2D eigenvalue weighted by molar-refractivity contribution is 7.98. The van der Waals surface area contributed by atoms with E-state index in [9.17, 15) is 0 Å². The van der Waals surface area contributed by atoms with Crippen molar-refractivity contribution in [2.75, 3.05) is 6.26 Å². The number of aromatic nitrogens is 3. The Labute approximate surface area is 144 Å². The molecule has 0 spiro atoms. The molecule has 24 heavy (non-hydrogen) atoms. The minimum atomic E-state index is 0.716. The molecule has 122 valence electrons. The molecule has 3 heterocycles.